The van der Waals surface area contributed by atoms with Crippen molar-refractivity contribution in [2.45, 2.75) is 31.2 Å². The van der Waals surface area contributed by atoms with Gasteiger partial charge in [0.05, 0.1) is 6.54 Å². The van der Waals surface area contributed by atoms with Gasteiger partial charge in [-0.25, -0.2) is 0 Å². The largest absolute Gasteiger partial charge is 0.416 e. The third-order valence-corrected chi connectivity index (χ3v) is 2.41. The highest BCUT2D eigenvalue weighted by molar-refractivity contribution is 5.80. The summed E-state index contributed by atoms with van der Waals surface area (Å²) in [5, 5.41) is 8.79. The molecule has 1 fully saturated rings. The first-order chi connectivity index (χ1) is 7.32. The van der Waals surface area contributed by atoms with Crippen molar-refractivity contribution in [3.8, 4) is 0 Å². The van der Waals surface area contributed by atoms with Gasteiger partial charge in [0.2, 0.25) is 0 Å². The Kier molecular flexibility index (Phi) is 4.15. The van der Waals surface area contributed by atoms with Crippen molar-refractivity contribution in [1.82, 2.24) is 4.90 Å². The number of aliphatic hydroxyl groups excluding tert-OH is 1. The lowest BCUT2D eigenvalue weighted by molar-refractivity contribution is -0.208. The molecule has 2 atom stereocenters. The van der Waals surface area contributed by atoms with Gasteiger partial charge in [0.25, 0.3) is 5.91 Å². The van der Waals surface area contributed by atoms with E-state index in [1.54, 1.807) is 0 Å². The molecule has 1 amide bonds. The summed E-state index contributed by atoms with van der Waals surface area (Å²) in [5.74, 6) is -0.513. The molecule has 0 bridgehead atoms. The molecule has 1 N–H and O–H groups in total. The number of aliphatic hydroxyl groups is 1. The van der Waals surface area contributed by atoms with Gasteiger partial charge in [0.1, 0.15) is 6.10 Å². The van der Waals surface area contributed by atoms with E-state index >= 15 is 0 Å². The van der Waals surface area contributed by atoms with Crippen molar-refractivity contribution in [3.05, 3.63) is 0 Å². The summed E-state index contributed by atoms with van der Waals surface area (Å²) in [5.41, 5.74) is 0. The van der Waals surface area contributed by atoms with Crippen molar-refractivity contribution in [1.29, 1.82) is 0 Å². The quantitative estimate of drug-likeness (QED) is 0.785. The van der Waals surface area contributed by atoms with Gasteiger partial charge in [0, 0.05) is 13.7 Å². The van der Waals surface area contributed by atoms with Crippen LogP contribution in [0, 0.1) is 0 Å². The summed E-state index contributed by atoms with van der Waals surface area (Å²) in [6, 6.07) is 0. The van der Waals surface area contributed by atoms with Crippen LogP contribution in [0.4, 0.5) is 13.2 Å². The van der Waals surface area contributed by atoms with Crippen molar-refractivity contribution in [3.63, 3.8) is 0 Å². The predicted octanol–water partition coefficient (Wildman–Crippen LogP) is 0.547. The minimum Gasteiger partial charge on any atom is -0.382 e. The maximum Gasteiger partial charge on any atom is 0.416 e. The Bertz CT molecular complexity index is 251. The number of alkyl halides is 3. The van der Waals surface area contributed by atoms with E-state index in [-0.39, 0.29) is 0 Å². The molecule has 0 spiro atoms. The first-order valence-electron chi connectivity index (χ1n) is 4.93. The predicted molar refractivity (Wildman–Crippen MR) is 48.7 cm³/mol. The van der Waals surface area contributed by atoms with E-state index in [9.17, 15) is 18.0 Å². The molecular weight excluding hydrogens is 227 g/mol. The van der Waals surface area contributed by atoms with Gasteiger partial charge in [-0.2, -0.15) is 13.2 Å². The Morgan fingerprint density at radius 1 is 1.62 bits per heavy atom. The number of ether oxygens (including phenoxy) is 1. The summed E-state index contributed by atoms with van der Waals surface area (Å²) >= 11 is 0. The van der Waals surface area contributed by atoms with Crippen LogP contribution in [-0.4, -0.2) is 54.5 Å². The van der Waals surface area contributed by atoms with Crippen LogP contribution in [0.5, 0.6) is 0 Å². The van der Waals surface area contributed by atoms with Gasteiger partial charge in [0.15, 0.2) is 6.10 Å². The van der Waals surface area contributed by atoms with E-state index in [2.05, 4.69) is 0 Å². The van der Waals surface area contributed by atoms with E-state index in [4.69, 9.17) is 9.84 Å². The van der Waals surface area contributed by atoms with E-state index in [0.29, 0.717) is 13.0 Å². The molecule has 0 aliphatic carbocycles. The fourth-order valence-corrected chi connectivity index (χ4v) is 1.47. The maximum absolute atomic E-state index is 12.0. The average molecular weight is 241 g/mol. The molecule has 0 aromatic carbocycles. The average Bonchev–Trinajstić information content (AvgIpc) is 2.67. The monoisotopic (exact) mass is 241 g/mol. The second kappa shape index (κ2) is 5.01. The normalized spacial score (nSPS) is 23.2. The standard InChI is InChI=1S/C9H14F3NO3/c1-13(5-7(14)9(10,11)12)8(15)6-3-2-4-16-6/h6-7,14H,2-5H2,1H3/t6-,7+/m0/s1. The summed E-state index contributed by atoms with van der Waals surface area (Å²) in [6.07, 6.45) is -6.63. The Hall–Kier alpha value is -0.820. The number of amides is 1. The molecule has 16 heavy (non-hydrogen) atoms. The second-order valence-electron chi connectivity index (χ2n) is 3.78. The molecule has 1 rings (SSSR count). The van der Waals surface area contributed by atoms with Gasteiger partial charge in [-0.1, -0.05) is 0 Å². The molecule has 0 saturated carbocycles. The van der Waals surface area contributed by atoms with E-state index in [0.717, 1.165) is 11.3 Å². The van der Waals surface area contributed by atoms with Crippen LogP contribution in [0.2, 0.25) is 0 Å². The Labute approximate surface area is 91.0 Å². The molecule has 4 nitrogen and oxygen atoms in total. The summed E-state index contributed by atoms with van der Waals surface area (Å²) in [4.78, 5) is 12.4. The number of halogens is 3. The number of carbonyl (C=O) groups excluding carboxylic acids is 1. The number of hydrogen-bond donors (Lipinski definition) is 1. The van der Waals surface area contributed by atoms with Crippen LogP contribution in [0.3, 0.4) is 0 Å². The summed E-state index contributed by atoms with van der Waals surface area (Å²) in [7, 11) is 1.22. The van der Waals surface area contributed by atoms with Crippen molar-refractivity contribution < 1.29 is 27.8 Å². The van der Waals surface area contributed by atoms with Crippen molar-refractivity contribution in [2.24, 2.45) is 0 Å². The third kappa shape index (κ3) is 3.34. The lowest BCUT2D eigenvalue weighted by atomic mass is 10.2. The molecule has 94 valence electrons. The molecule has 0 aromatic rings. The Morgan fingerprint density at radius 2 is 2.25 bits per heavy atom. The zero-order chi connectivity index (χ0) is 12.3. The molecule has 1 heterocycles. The lowest BCUT2D eigenvalue weighted by Gasteiger charge is -2.24. The van der Waals surface area contributed by atoms with Gasteiger partial charge in [-0.15, -0.1) is 0 Å². The van der Waals surface area contributed by atoms with E-state index < -0.39 is 30.8 Å². The van der Waals surface area contributed by atoms with Crippen LogP contribution >= 0.6 is 0 Å². The minimum atomic E-state index is -4.70. The topological polar surface area (TPSA) is 49.8 Å². The smallest absolute Gasteiger partial charge is 0.382 e. The molecule has 7 heteroatoms. The first kappa shape index (κ1) is 13.2. The molecule has 0 aromatic heterocycles. The van der Waals surface area contributed by atoms with Crippen LogP contribution in [0.15, 0.2) is 0 Å². The molecule has 1 saturated heterocycles. The maximum atomic E-state index is 12.0. The molecule has 0 unspecified atom stereocenters. The van der Waals surface area contributed by atoms with Crippen LogP contribution in [0.1, 0.15) is 12.8 Å². The highest BCUT2D eigenvalue weighted by Gasteiger charge is 2.40. The highest BCUT2D eigenvalue weighted by Crippen LogP contribution is 2.21. The van der Waals surface area contributed by atoms with Gasteiger partial charge in [-0.3, -0.25) is 4.79 Å². The summed E-state index contributed by atoms with van der Waals surface area (Å²) in [6.45, 7) is -0.311. The second-order valence-corrected chi connectivity index (χ2v) is 3.78. The van der Waals surface area contributed by atoms with Crippen molar-refractivity contribution >= 4 is 5.91 Å². The molecular formula is C9H14F3NO3. The number of likely N-dealkylation sites (N-methyl/N-ethyl adjacent to an activating group) is 1. The minimum absolute atomic E-state index is 0.450. The van der Waals surface area contributed by atoms with Crippen molar-refractivity contribution in [2.75, 3.05) is 20.2 Å². The van der Waals surface area contributed by atoms with Crippen LogP contribution in [-0.2, 0) is 9.53 Å². The first-order valence-corrected chi connectivity index (χ1v) is 4.93. The number of hydrogen-bond acceptors (Lipinski definition) is 3. The fourth-order valence-electron chi connectivity index (χ4n) is 1.47. The van der Waals surface area contributed by atoms with Gasteiger partial charge >= 0.3 is 6.18 Å². The lowest BCUT2D eigenvalue weighted by Crippen LogP contribution is -2.45. The van der Waals surface area contributed by atoms with E-state index in [1.807, 2.05) is 0 Å². The number of rotatable bonds is 3. The number of nitrogens with zero attached hydrogens (tertiary/aromatic N) is 1. The molecule has 0 radical (unpaired) electrons. The third-order valence-electron chi connectivity index (χ3n) is 2.41. The van der Waals surface area contributed by atoms with Gasteiger partial charge < -0.3 is 14.7 Å². The number of carbonyl (C=O) groups is 1. The zero-order valence-corrected chi connectivity index (χ0v) is 8.83. The zero-order valence-electron chi connectivity index (χ0n) is 8.83. The fraction of sp³-hybridized carbons (Fsp3) is 0.889. The van der Waals surface area contributed by atoms with Crippen LogP contribution < -0.4 is 0 Å². The van der Waals surface area contributed by atoms with E-state index in [1.165, 1.54) is 7.05 Å². The molecule has 1 aliphatic heterocycles. The Balaban J connectivity index is 2.45. The van der Waals surface area contributed by atoms with Gasteiger partial charge in [-0.05, 0) is 12.8 Å². The Morgan fingerprint density at radius 3 is 2.69 bits per heavy atom. The molecule has 1 aliphatic rings. The summed E-state index contributed by atoms with van der Waals surface area (Å²) < 4.78 is 41.1. The highest BCUT2D eigenvalue weighted by atomic mass is 19.4. The van der Waals surface area contributed by atoms with Crippen LogP contribution in [0.25, 0.3) is 0 Å². The SMILES string of the molecule is CN(C[C@@H](O)C(F)(F)F)C(=O)[C@@H]1CCCO1.